The first-order valence-corrected chi connectivity index (χ1v) is 9.09. The quantitative estimate of drug-likeness (QED) is 0.813. The Morgan fingerprint density at radius 3 is 2.26 bits per heavy atom. The minimum absolute atomic E-state index is 0.0213. The summed E-state index contributed by atoms with van der Waals surface area (Å²) in [6.07, 6.45) is 0. The zero-order chi connectivity index (χ0) is 20.2. The van der Waals surface area contributed by atoms with Gasteiger partial charge in [-0.2, -0.15) is 0 Å². The maximum Gasteiger partial charge on any atom is 0.251 e. The molecule has 0 saturated carbocycles. The summed E-state index contributed by atoms with van der Waals surface area (Å²) >= 11 is 5.79. The average molecular weight is 391 g/mol. The number of halogens is 2. The third kappa shape index (κ3) is 5.54. The van der Waals surface area contributed by atoms with Crippen LogP contribution in [0.25, 0.3) is 0 Å². The van der Waals surface area contributed by atoms with E-state index in [4.69, 9.17) is 11.6 Å². The van der Waals surface area contributed by atoms with Gasteiger partial charge in [0.15, 0.2) is 0 Å². The van der Waals surface area contributed by atoms with Gasteiger partial charge in [-0.05, 0) is 41.3 Å². The lowest BCUT2D eigenvalue weighted by Gasteiger charge is -2.22. The van der Waals surface area contributed by atoms with Crippen LogP contribution in [0.5, 0.6) is 0 Å². The Morgan fingerprint density at radius 2 is 1.74 bits per heavy atom. The average Bonchev–Trinajstić information content (AvgIpc) is 2.60. The van der Waals surface area contributed by atoms with Crippen molar-refractivity contribution >= 4 is 29.1 Å². The summed E-state index contributed by atoms with van der Waals surface area (Å²) in [7, 11) is 0. The van der Waals surface area contributed by atoms with Crippen LogP contribution in [-0.2, 0) is 10.2 Å². The van der Waals surface area contributed by atoms with Crippen molar-refractivity contribution in [3.05, 3.63) is 64.4 Å². The summed E-state index contributed by atoms with van der Waals surface area (Å²) in [6.45, 7) is 8.25. The molecule has 0 heterocycles. The van der Waals surface area contributed by atoms with Gasteiger partial charge in [0, 0.05) is 31.3 Å². The summed E-state index contributed by atoms with van der Waals surface area (Å²) in [5, 5.41) is 2.74. The van der Waals surface area contributed by atoms with Crippen LogP contribution in [0.15, 0.2) is 42.5 Å². The standard InChI is InChI=1S/C21H24ClFN2O2/c1-14(26)25(17-9-10-19(23)18(22)13-17)12-11-24-20(27)15-5-7-16(8-6-15)21(2,3)4/h5-10,13H,11-12H2,1-4H3,(H,24,27). The van der Waals surface area contributed by atoms with Crippen molar-refractivity contribution in [2.45, 2.75) is 33.1 Å². The lowest BCUT2D eigenvalue weighted by atomic mass is 9.87. The number of rotatable bonds is 5. The van der Waals surface area contributed by atoms with E-state index < -0.39 is 5.82 Å². The molecule has 0 bridgehead atoms. The highest BCUT2D eigenvalue weighted by Gasteiger charge is 2.16. The molecule has 6 heteroatoms. The number of benzene rings is 2. The second-order valence-corrected chi connectivity index (χ2v) is 7.76. The van der Waals surface area contributed by atoms with Crippen molar-refractivity contribution < 1.29 is 14.0 Å². The minimum Gasteiger partial charge on any atom is -0.350 e. The Bertz CT molecular complexity index is 829. The molecule has 2 rings (SSSR count). The van der Waals surface area contributed by atoms with Gasteiger partial charge in [0.05, 0.1) is 5.02 Å². The van der Waals surface area contributed by atoms with E-state index in [1.807, 2.05) is 12.1 Å². The van der Waals surface area contributed by atoms with Gasteiger partial charge in [-0.3, -0.25) is 9.59 Å². The molecule has 144 valence electrons. The molecule has 0 unspecified atom stereocenters. The molecular weight excluding hydrogens is 367 g/mol. The van der Waals surface area contributed by atoms with E-state index in [2.05, 4.69) is 26.1 Å². The van der Waals surface area contributed by atoms with Gasteiger partial charge >= 0.3 is 0 Å². The van der Waals surface area contributed by atoms with E-state index in [1.54, 1.807) is 12.1 Å². The van der Waals surface area contributed by atoms with Crippen LogP contribution in [0.4, 0.5) is 10.1 Å². The number of carbonyl (C=O) groups is 2. The van der Waals surface area contributed by atoms with Crippen LogP contribution < -0.4 is 10.2 Å². The summed E-state index contributed by atoms with van der Waals surface area (Å²) < 4.78 is 13.3. The topological polar surface area (TPSA) is 49.4 Å². The molecule has 0 atom stereocenters. The Labute approximate surface area is 164 Å². The molecule has 0 spiro atoms. The highest BCUT2D eigenvalue weighted by atomic mass is 35.5. The third-order valence-corrected chi connectivity index (χ3v) is 4.52. The minimum atomic E-state index is -0.545. The van der Waals surface area contributed by atoms with Gasteiger partial charge in [-0.25, -0.2) is 4.39 Å². The Balaban J connectivity index is 1.99. The molecule has 2 amide bonds. The van der Waals surface area contributed by atoms with E-state index in [0.29, 0.717) is 11.3 Å². The Morgan fingerprint density at radius 1 is 1.11 bits per heavy atom. The van der Waals surface area contributed by atoms with Gasteiger partial charge in [-0.15, -0.1) is 0 Å². The van der Waals surface area contributed by atoms with Crippen molar-refractivity contribution in [3.8, 4) is 0 Å². The highest BCUT2D eigenvalue weighted by molar-refractivity contribution is 6.31. The number of anilines is 1. The van der Waals surface area contributed by atoms with Crippen molar-refractivity contribution in [3.63, 3.8) is 0 Å². The molecule has 27 heavy (non-hydrogen) atoms. The SMILES string of the molecule is CC(=O)N(CCNC(=O)c1ccc(C(C)(C)C)cc1)c1ccc(F)c(Cl)c1. The number of amides is 2. The monoisotopic (exact) mass is 390 g/mol. The van der Waals surface area contributed by atoms with Crippen LogP contribution in [-0.4, -0.2) is 24.9 Å². The van der Waals surface area contributed by atoms with Crippen LogP contribution in [0.2, 0.25) is 5.02 Å². The molecular formula is C21H24ClFN2O2. The third-order valence-electron chi connectivity index (χ3n) is 4.23. The van der Waals surface area contributed by atoms with E-state index in [9.17, 15) is 14.0 Å². The fourth-order valence-corrected chi connectivity index (χ4v) is 2.80. The predicted octanol–water partition coefficient (Wildman–Crippen LogP) is 4.56. The van der Waals surface area contributed by atoms with E-state index in [0.717, 1.165) is 5.56 Å². The summed E-state index contributed by atoms with van der Waals surface area (Å²) in [6, 6.07) is 11.6. The fourth-order valence-electron chi connectivity index (χ4n) is 2.63. The molecule has 0 aliphatic carbocycles. The largest absolute Gasteiger partial charge is 0.350 e. The molecule has 4 nitrogen and oxygen atoms in total. The number of nitrogens with zero attached hydrogens (tertiary/aromatic N) is 1. The molecule has 0 aliphatic rings. The van der Waals surface area contributed by atoms with Crippen molar-refractivity contribution in [1.82, 2.24) is 5.32 Å². The maximum atomic E-state index is 13.3. The lowest BCUT2D eigenvalue weighted by molar-refractivity contribution is -0.116. The number of carbonyl (C=O) groups excluding carboxylic acids is 2. The molecule has 0 radical (unpaired) electrons. The first-order chi connectivity index (χ1) is 12.6. The molecule has 0 fully saturated rings. The number of nitrogens with one attached hydrogen (secondary N) is 1. The number of hydrogen-bond donors (Lipinski definition) is 1. The molecule has 2 aromatic rings. The van der Waals surface area contributed by atoms with Crippen LogP contribution in [0.1, 0.15) is 43.6 Å². The molecule has 1 N–H and O–H groups in total. The first-order valence-electron chi connectivity index (χ1n) is 8.71. The zero-order valence-corrected chi connectivity index (χ0v) is 16.7. The molecule has 2 aromatic carbocycles. The van der Waals surface area contributed by atoms with Gasteiger partial charge in [-0.1, -0.05) is 44.5 Å². The van der Waals surface area contributed by atoms with Crippen LogP contribution >= 0.6 is 11.6 Å². The zero-order valence-electron chi connectivity index (χ0n) is 16.0. The van der Waals surface area contributed by atoms with E-state index >= 15 is 0 Å². The second-order valence-electron chi connectivity index (χ2n) is 7.35. The molecule has 0 saturated heterocycles. The lowest BCUT2D eigenvalue weighted by Crippen LogP contribution is -2.37. The van der Waals surface area contributed by atoms with E-state index in [1.165, 1.54) is 30.0 Å². The van der Waals surface area contributed by atoms with Crippen molar-refractivity contribution in [2.75, 3.05) is 18.0 Å². The van der Waals surface area contributed by atoms with Crippen LogP contribution in [0.3, 0.4) is 0 Å². The summed E-state index contributed by atoms with van der Waals surface area (Å²) in [5.74, 6) is -0.978. The Hall–Kier alpha value is -2.40. The van der Waals surface area contributed by atoms with Crippen LogP contribution in [0, 0.1) is 5.82 Å². The molecule has 0 aliphatic heterocycles. The van der Waals surface area contributed by atoms with Crippen molar-refractivity contribution in [1.29, 1.82) is 0 Å². The smallest absolute Gasteiger partial charge is 0.251 e. The first kappa shape index (κ1) is 20.9. The fraction of sp³-hybridized carbons (Fsp3) is 0.333. The normalized spacial score (nSPS) is 11.2. The van der Waals surface area contributed by atoms with Crippen molar-refractivity contribution in [2.24, 2.45) is 0 Å². The van der Waals surface area contributed by atoms with Gasteiger partial charge in [0.2, 0.25) is 5.91 Å². The second kappa shape index (κ2) is 8.53. The van der Waals surface area contributed by atoms with E-state index in [-0.39, 0.29) is 35.3 Å². The summed E-state index contributed by atoms with van der Waals surface area (Å²) in [4.78, 5) is 25.6. The highest BCUT2D eigenvalue weighted by Crippen LogP contribution is 2.23. The number of hydrogen-bond acceptors (Lipinski definition) is 2. The van der Waals surface area contributed by atoms with Gasteiger partial charge in [0.1, 0.15) is 5.82 Å². The predicted molar refractivity (Wildman–Crippen MR) is 107 cm³/mol. The summed E-state index contributed by atoms with van der Waals surface area (Å²) in [5.41, 5.74) is 2.21. The van der Waals surface area contributed by atoms with Gasteiger partial charge < -0.3 is 10.2 Å². The molecule has 0 aromatic heterocycles. The Kier molecular flexibility index (Phi) is 6.60. The maximum absolute atomic E-state index is 13.3. The van der Waals surface area contributed by atoms with Gasteiger partial charge in [0.25, 0.3) is 5.91 Å².